The van der Waals surface area contributed by atoms with Gasteiger partial charge in [0.05, 0.1) is 12.6 Å². The number of imidazole rings is 1. The summed E-state index contributed by atoms with van der Waals surface area (Å²) in [6.45, 7) is 3.36. The minimum atomic E-state index is 0.262. The van der Waals surface area contributed by atoms with Crippen LogP contribution in [0.25, 0.3) is 0 Å². The molecule has 1 aromatic carbocycles. The van der Waals surface area contributed by atoms with Gasteiger partial charge in [0.2, 0.25) is 0 Å². The zero-order valence-corrected chi connectivity index (χ0v) is 14.2. The minimum Gasteiger partial charge on any atom is -0.493 e. The van der Waals surface area contributed by atoms with Crippen molar-refractivity contribution in [3.8, 4) is 5.75 Å². The molecule has 2 aliphatic rings. The van der Waals surface area contributed by atoms with Crippen molar-refractivity contribution < 1.29 is 9.47 Å². The molecular weight excluding hydrogens is 302 g/mol. The van der Waals surface area contributed by atoms with Gasteiger partial charge < -0.3 is 19.4 Å². The summed E-state index contributed by atoms with van der Waals surface area (Å²) in [6, 6.07) is 6.80. The molecule has 1 fully saturated rings. The number of ether oxygens (including phenoxy) is 2. The summed E-state index contributed by atoms with van der Waals surface area (Å²) >= 11 is 0. The number of fused-ring (bicyclic) bond motifs is 1. The average Bonchev–Trinajstić information content (AvgIpc) is 3.25. The highest BCUT2D eigenvalue weighted by Crippen LogP contribution is 2.30. The van der Waals surface area contributed by atoms with Gasteiger partial charge in [-0.25, -0.2) is 4.98 Å². The summed E-state index contributed by atoms with van der Waals surface area (Å²) in [7, 11) is 2.07. The van der Waals surface area contributed by atoms with E-state index >= 15 is 0 Å². The Labute approximate surface area is 143 Å². The molecule has 1 atom stereocenters. The molecule has 5 heteroatoms. The second kappa shape index (κ2) is 6.95. The second-order valence-corrected chi connectivity index (χ2v) is 6.75. The van der Waals surface area contributed by atoms with Gasteiger partial charge in [0, 0.05) is 45.6 Å². The summed E-state index contributed by atoms with van der Waals surface area (Å²) < 4.78 is 13.3. The first-order chi connectivity index (χ1) is 11.8. The standard InChI is InChI=1S/C19H25N3O2/c1-22-8-7-20-19(22)18(15-4-9-23-10-5-15)21-13-14-2-3-17-16(12-14)6-11-24-17/h2-3,7-8,12,15,18,21H,4-6,9-11,13H2,1H3. The Hall–Kier alpha value is -1.85. The van der Waals surface area contributed by atoms with Crippen molar-refractivity contribution in [2.45, 2.75) is 31.8 Å². The number of hydrogen-bond acceptors (Lipinski definition) is 4. The third-order valence-electron chi connectivity index (χ3n) is 5.15. The molecule has 0 radical (unpaired) electrons. The quantitative estimate of drug-likeness (QED) is 0.917. The van der Waals surface area contributed by atoms with Gasteiger partial charge in [-0.05, 0) is 36.0 Å². The largest absolute Gasteiger partial charge is 0.493 e. The van der Waals surface area contributed by atoms with Gasteiger partial charge in [-0.15, -0.1) is 0 Å². The van der Waals surface area contributed by atoms with Gasteiger partial charge in [-0.1, -0.05) is 12.1 Å². The number of rotatable bonds is 5. The van der Waals surface area contributed by atoms with E-state index in [1.54, 1.807) is 0 Å². The fourth-order valence-electron chi connectivity index (χ4n) is 3.77. The van der Waals surface area contributed by atoms with Crippen LogP contribution in [0, 0.1) is 5.92 Å². The van der Waals surface area contributed by atoms with Crippen LogP contribution in [0.1, 0.15) is 35.8 Å². The molecule has 1 saturated heterocycles. The zero-order chi connectivity index (χ0) is 16.4. The highest BCUT2D eigenvalue weighted by Gasteiger charge is 2.28. The Morgan fingerprint density at radius 3 is 2.96 bits per heavy atom. The minimum absolute atomic E-state index is 0.262. The van der Waals surface area contributed by atoms with E-state index < -0.39 is 0 Å². The molecule has 4 rings (SSSR count). The molecule has 3 heterocycles. The van der Waals surface area contributed by atoms with Crippen LogP contribution in [-0.4, -0.2) is 29.4 Å². The molecule has 0 saturated carbocycles. The first kappa shape index (κ1) is 15.7. The number of nitrogens with zero attached hydrogens (tertiary/aromatic N) is 2. The number of hydrogen-bond donors (Lipinski definition) is 1. The molecule has 5 nitrogen and oxygen atoms in total. The van der Waals surface area contributed by atoms with Crippen LogP contribution in [0.2, 0.25) is 0 Å². The first-order valence-corrected chi connectivity index (χ1v) is 8.84. The molecule has 0 spiro atoms. The fraction of sp³-hybridized carbons (Fsp3) is 0.526. The molecule has 1 unspecified atom stereocenters. The normalized spacial score (nSPS) is 19.0. The maximum Gasteiger partial charge on any atom is 0.125 e. The third-order valence-corrected chi connectivity index (χ3v) is 5.15. The van der Waals surface area contributed by atoms with Crippen LogP contribution in [0.15, 0.2) is 30.6 Å². The van der Waals surface area contributed by atoms with E-state index in [0.717, 1.165) is 57.2 Å². The van der Waals surface area contributed by atoms with E-state index in [4.69, 9.17) is 9.47 Å². The molecule has 1 N–H and O–H groups in total. The highest BCUT2D eigenvalue weighted by molar-refractivity contribution is 5.39. The topological polar surface area (TPSA) is 48.3 Å². The monoisotopic (exact) mass is 327 g/mol. The Bertz CT molecular complexity index is 692. The molecule has 0 aliphatic carbocycles. The van der Waals surface area contributed by atoms with Crippen molar-refractivity contribution in [3.05, 3.63) is 47.5 Å². The second-order valence-electron chi connectivity index (χ2n) is 6.75. The van der Waals surface area contributed by atoms with E-state index in [1.807, 2.05) is 12.4 Å². The Morgan fingerprint density at radius 1 is 1.29 bits per heavy atom. The summed E-state index contributed by atoms with van der Waals surface area (Å²) in [5.41, 5.74) is 2.64. The van der Waals surface area contributed by atoms with Gasteiger partial charge in [-0.2, -0.15) is 0 Å². The molecule has 128 valence electrons. The predicted octanol–water partition coefficient (Wildman–Crippen LogP) is 2.61. The smallest absolute Gasteiger partial charge is 0.125 e. The summed E-state index contributed by atoms with van der Waals surface area (Å²) in [5.74, 6) is 2.73. The van der Waals surface area contributed by atoms with Crippen molar-refractivity contribution in [2.24, 2.45) is 13.0 Å². The van der Waals surface area contributed by atoms with Crippen LogP contribution in [0.3, 0.4) is 0 Å². The highest BCUT2D eigenvalue weighted by atomic mass is 16.5. The Morgan fingerprint density at radius 2 is 2.17 bits per heavy atom. The van der Waals surface area contributed by atoms with Crippen molar-refractivity contribution >= 4 is 0 Å². The number of aromatic nitrogens is 2. The van der Waals surface area contributed by atoms with Crippen molar-refractivity contribution in [3.63, 3.8) is 0 Å². The van der Waals surface area contributed by atoms with E-state index in [2.05, 4.69) is 40.1 Å². The van der Waals surface area contributed by atoms with E-state index in [1.165, 1.54) is 11.1 Å². The van der Waals surface area contributed by atoms with Gasteiger partial charge in [-0.3, -0.25) is 0 Å². The van der Waals surface area contributed by atoms with Crippen molar-refractivity contribution in [2.75, 3.05) is 19.8 Å². The number of aryl methyl sites for hydroxylation is 1. The van der Waals surface area contributed by atoms with Gasteiger partial charge >= 0.3 is 0 Å². The molecule has 24 heavy (non-hydrogen) atoms. The van der Waals surface area contributed by atoms with Crippen LogP contribution in [0.5, 0.6) is 5.75 Å². The Kier molecular flexibility index (Phi) is 4.54. The van der Waals surface area contributed by atoms with Crippen molar-refractivity contribution in [1.29, 1.82) is 0 Å². The van der Waals surface area contributed by atoms with Gasteiger partial charge in [0.1, 0.15) is 11.6 Å². The molecular formula is C19H25N3O2. The summed E-state index contributed by atoms with van der Waals surface area (Å²) in [4.78, 5) is 4.60. The zero-order valence-electron chi connectivity index (χ0n) is 14.2. The lowest BCUT2D eigenvalue weighted by molar-refractivity contribution is 0.0518. The molecule has 0 bridgehead atoms. The van der Waals surface area contributed by atoms with Crippen LogP contribution < -0.4 is 10.1 Å². The maximum absolute atomic E-state index is 5.60. The van der Waals surface area contributed by atoms with E-state index in [0.29, 0.717) is 5.92 Å². The van der Waals surface area contributed by atoms with E-state index in [-0.39, 0.29) is 6.04 Å². The van der Waals surface area contributed by atoms with Gasteiger partial charge in [0.15, 0.2) is 0 Å². The Balaban J connectivity index is 1.50. The van der Waals surface area contributed by atoms with Crippen LogP contribution >= 0.6 is 0 Å². The maximum atomic E-state index is 5.60. The van der Waals surface area contributed by atoms with Crippen LogP contribution in [-0.2, 0) is 24.8 Å². The summed E-state index contributed by atoms with van der Waals surface area (Å²) in [6.07, 6.45) is 7.10. The SMILES string of the molecule is Cn1ccnc1C(NCc1ccc2c(c1)CCO2)C1CCOCC1. The average molecular weight is 327 g/mol. The molecule has 1 aromatic heterocycles. The van der Waals surface area contributed by atoms with Crippen LogP contribution in [0.4, 0.5) is 0 Å². The number of benzene rings is 1. The molecule has 2 aliphatic heterocycles. The lowest BCUT2D eigenvalue weighted by Gasteiger charge is -2.30. The summed E-state index contributed by atoms with van der Waals surface area (Å²) in [5, 5.41) is 3.76. The predicted molar refractivity (Wildman–Crippen MR) is 92.0 cm³/mol. The number of nitrogens with one attached hydrogen (secondary N) is 1. The van der Waals surface area contributed by atoms with Gasteiger partial charge in [0.25, 0.3) is 0 Å². The lowest BCUT2D eigenvalue weighted by Crippen LogP contribution is -2.33. The third kappa shape index (κ3) is 3.19. The first-order valence-electron chi connectivity index (χ1n) is 8.84. The van der Waals surface area contributed by atoms with Crippen molar-refractivity contribution in [1.82, 2.24) is 14.9 Å². The lowest BCUT2D eigenvalue weighted by atomic mass is 9.91. The fourth-order valence-corrected chi connectivity index (χ4v) is 3.77. The van der Waals surface area contributed by atoms with E-state index in [9.17, 15) is 0 Å². The molecule has 0 amide bonds. The molecule has 2 aromatic rings.